The number of carbonyl (C=O) groups excluding carboxylic acids is 1. The van der Waals surface area contributed by atoms with Gasteiger partial charge in [-0.15, -0.1) is 0 Å². The van der Waals surface area contributed by atoms with Crippen molar-refractivity contribution in [2.24, 2.45) is 0 Å². The molecule has 2 heterocycles. The molecule has 0 aliphatic heterocycles. The Morgan fingerprint density at radius 3 is 3.06 bits per heavy atom. The number of rotatable bonds is 4. The van der Waals surface area contributed by atoms with E-state index in [0.29, 0.717) is 6.54 Å². The van der Waals surface area contributed by atoms with Crippen molar-refractivity contribution in [1.82, 2.24) is 14.3 Å². The van der Waals surface area contributed by atoms with Gasteiger partial charge in [-0.1, -0.05) is 6.07 Å². The minimum atomic E-state index is -0.261. The van der Waals surface area contributed by atoms with Gasteiger partial charge in [-0.05, 0) is 26.0 Å². The number of hydrogen-bond donors (Lipinski definition) is 1. The van der Waals surface area contributed by atoms with Crippen LogP contribution in [0.4, 0.5) is 5.82 Å². The first-order chi connectivity index (χ1) is 8.63. The first-order valence-electron chi connectivity index (χ1n) is 6.07. The van der Waals surface area contributed by atoms with Crippen LogP contribution >= 0.6 is 0 Å². The van der Waals surface area contributed by atoms with E-state index in [1.54, 1.807) is 18.1 Å². The normalized spacial score (nSPS) is 12.4. The number of carbonyl (C=O) groups is 1. The van der Waals surface area contributed by atoms with Crippen molar-refractivity contribution in [2.75, 3.05) is 18.9 Å². The van der Waals surface area contributed by atoms with Gasteiger partial charge in [-0.3, -0.25) is 9.20 Å². The molecule has 0 aliphatic rings. The largest absolute Gasteiger partial charge is 0.360 e. The third-order valence-electron chi connectivity index (χ3n) is 3.01. The molecule has 0 saturated heterocycles. The molecule has 96 valence electrons. The van der Waals surface area contributed by atoms with Gasteiger partial charge in [-0.25, -0.2) is 4.98 Å². The second-order valence-corrected chi connectivity index (χ2v) is 4.28. The minimum absolute atomic E-state index is 0.0784. The first-order valence-corrected chi connectivity index (χ1v) is 6.07. The average Bonchev–Trinajstić information content (AvgIpc) is 2.86. The molecular weight excluding hydrogens is 228 g/mol. The summed E-state index contributed by atoms with van der Waals surface area (Å²) in [4.78, 5) is 17.9. The number of nitrogens with zero attached hydrogens (tertiary/aromatic N) is 3. The maximum absolute atomic E-state index is 12.0. The molecule has 0 bridgehead atoms. The summed E-state index contributed by atoms with van der Waals surface area (Å²) in [7, 11) is 1.80. The van der Waals surface area contributed by atoms with Crippen LogP contribution in [-0.4, -0.2) is 39.8 Å². The fourth-order valence-electron chi connectivity index (χ4n) is 1.84. The van der Waals surface area contributed by atoms with E-state index in [9.17, 15) is 4.79 Å². The maximum atomic E-state index is 12.0. The van der Waals surface area contributed by atoms with Crippen molar-refractivity contribution in [3.63, 3.8) is 0 Å². The molecule has 0 aromatic carbocycles. The number of anilines is 1. The number of likely N-dealkylation sites (N-methyl/N-ethyl adjacent to an activating group) is 1. The Bertz CT molecular complexity index is 549. The van der Waals surface area contributed by atoms with Crippen LogP contribution in [0.3, 0.4) is 0 Å². The molecule has 5 heteroatoms. The zero-order chi connectivity index (χ0) is 13.1. The number of hydrogen-bond acceptors (Lipinski definition) is 3. The Hall–Kier alpha value is -2.04. The second kappa shape index (κ2) is 5.08. The number of amides is 1. The monoisotopic (exact) mass is 246 g/mol. The molecular formula is C13H18N4O. The van der Waals surface area contributed by atoms with Crippen LogP contribution in [0, 0.1) is 0 Å². The van der Waals surface area contributed by atoms with Crippen LogP contribution in [0.2, 0.25) is 0 Å². The molecule has 1 amide bonds. The van der Waals surface area contributed by atoms with Gasteiger partial charge in [-0.2, -0.15) is 0 Å². The summed E-state index contributed by atoms with van der Waals surface area (Å²) < 4.78 is 1.93. The van der Waals surface area contributed by atoms with E-state index in [0.717, 1.165) is 11.5 Å². The van der Waals surface area contributed by atoms with Crippen molar-refractivity contribution in [3.05, 3.63) is 30.6 Å². The molecule has 2 rings (SSSR count). The van der Waals surface area contributed by atoms with Gasteiger partial charge in [0.2, 0.25) is 5.91 Å². The third-order valence-corrected chi connectivity index (χ3v) is 3.01. The molecule has 1 atom stereocenters. The highest BCUT2D eigenvalue weighted by Crippen LogP contribution is 2.12. The molecule has 2 aromatic rings. The summed E-state index contributed by atoms with van der Waals surface area (Å²) in [5.41, 5.74) is 0.864. The predicted octanol–water partition coefficient (Wildman–Crippen LogP) is 1.61. The number of aromatic nitrogens is 2. The molecule has 0 spiro atoms. The lowest BCUT2D eigenvalue weighted by Gasteiger charge is -2.21. The summed E-state index contributed by atoms with van der Waals surface area (Å²) in [5.74, 6) is 0.949. The van der Waals surface area contributed by atoms with Crippen molar-refractivity contribution < 1.29 is 4.79 Å². The lowest BCUT2D eigenvalue weighted by Crippen LogP contribution is -2.39. The fraction of sp³-hybridized carbons (Fsp3) is 0.385. The fourth-order valence-corrected chi connectivity index (χ4v) is 1.84. The molecule has 2 aromatic heterocycles. The number of imidazole rings is 1. The van der Waals surface area contributed by atoms with Crippen LogP contribution in [0.25, 0.3) is 5.65 Å². The highest BCUT2D eigenvalue weighted by molar-refractivity contribution is 5.83. The highest BCUT2D eigenvalue weighted by atomic mass is 16.2. The summed E-state index contributed by atoms with van der Waals surface area (Å²) >= 11 is 0. The van der Waals surface area contributed by atoms with E-state index in [1.165, 1.54) is 0 Å². The second-order valence-electron chi connectivity index (χ2n) is 4.28. The quantitative estimate of drug-likeness (QED) is 0.891. The van der Waals surface area contributed by atoms with Crippen molar-refractivity contribution in [3.8, 4) is 0 Å². The summed E-state index contributed by atoms with van der Waals surface area (Å²) in [5, 5.41) is 3.22. The van der Waals surface area contributed by atoms with Crippen molar-refractivity contribution >= 4 is 17.4 Å². The summed E-state index contributed by atoms with van der Waals surface area (Å²) in [6.07, 6.45) is 3.61. The number of pyridine rings is 1. The summed E-state index contributed by atoms with van der Waals surface area (Å²) in [6.45, 7) is 4.53. The lowest BCUT2D eigenvalue weighted by atomic mass is 10.3. The molecule has 0 fully saturated rings. The van der Waals surface area contributed by atoms with Gasteiger partial charge in [0.15, 0.2) is 0 Å². The van der Waals surface area contributed by atoms with Gasteiger partial charge >= 0.3 is 0 Å². The molecule has 0 saturated carbocycles. The Morgan fingerprint density at radius 1 is 1.56 bits per heavy atom. The van der Waals surface area contributed by atoms with Crippen LogP contribution in [0.1, 0.15) is 13.8 Å². The van der Waals surface area contributed by atoms with E-state index in [2.05, 4.69) is 10.3 Å². The Labute approximate surface area is 106 Å². The predicted molar refractivity (Wildman–Crippen MR) is 71.6 cm³/mol. The van der Waals surface area contributed by atoms with Gasteiger partial charge in [0, 0.05) is 26.0 Å². The van der Waals surface area contributed by atoms with Crippen molar-refractivity contribution in [2.45, 2.75) is 19.9 Å². The molecule has 5 nitrogen and oxygen atoms in total. The molecule has 1 N–H and O–H groups in total. The Morgan fingerprint density at radius 2 is 2.33 bits per heavy atom. The van der Waals surface area contributed by atoms with Crippen LogP contribution < -0.4 is 5.32 Å². The lowest BCUT2D eigenvalue weighted by molar-refractivity contribution is -0.130. The van der Waals surface area contributed by atoms with E-state index >= 15 is 0 Å². The van der Waals surface area contributed by atoms with Gasteiger partial charge in [0.05, 0.1) is 0 Å². The van der Waals surface area contributed by atoms with E-state index < -0.39 is 0 Å². The Balaban J connectivity index is 2.18. The average molecular weight is 246 g/mol. The number of fused-ring (bicyclic) bond motifs is 1. The zero-order valence-electron chi connectivity index (χ0n) is 10.9. The molecule has 0 aliphatic carbocycles. The minimum Gasteiger partial charge on any atom is -0.360 e. The zero-order valence-corrected chi connectivity index (χ0v) is 10.9. The van der Waals surface area contributed by atoms with E-state index in [-0.39, 0.29) is 11.9 Å². The molecule has 0 radical (unpaired) electrons. The molecule has 1 unspecified atom stereocenters. The van der Waals surface area contributed by atoms with Crippen LogP contribution in [0.5, 0.6) is 0 Å². The van der Waals surface area contributed by atoms with Crippen molar-refractivity contribution in [1.29, 1.82) is 0 Å². The van der Waals surface area contributed by atoms with Crippen LogP contribution in [0.15, 0.2) is 30.6 Å². The summed E-state index contributed by atoms with van der Waals surface area (Å²) in [6, 6.07) is 5.52. The SMILES string of the molecule is CCN(C)C(=O)C(C)Nc1cccc2nccn12. The van der Waals surface area contributed by atoms with Gasteiger partial charge in [0.1, 0.15) is 17.5 Å². The highest BCUT2D eigenvalue weighted by Gasteiger charge is 2.16. The first kappa shape index (κ1) is 12.4. The van der Waals surface area contributed by atoms with Crippen LogP contribution in [-0.2, 0) is 4.79 Å². The third kappa shape index (κ3) is 2.30. The van der Waals surface area contributed by atoms with E-state index in [4.69, 9.17) is 0 Å². The van der Waals surface area contributed by atoms with Gasteiger partial charge in [0.25, 0.3) is 0 Å². The maximum Gasteiger partial charge on any atom is 0.244 e. The van der Waals surface area contributed by atoms with E-state index in [1.807, 2.05) is 42.6 Å². The topological polar surface area (TPSA) is 49.6 Å². The molecule has 18 heavy (non-hydrogen) atoms. The standard InChI is InChI=1S/C13H18N4O/c1-4-16(3)13(18)10(2)15-12-7-5-6-11-14-8-9-17(11)12/h5-10,15H,4H2,1-3H3. The smallest absolute Gasteiger partial charge is 0.244 e. The van der Waals surface area contributed by atoms with Gasteiger partial charge < -0.3 is 10.2 Å². The Kier molecular flexibility index (Phi) is 3.50. The number of nitrogens with one attached hydrogen (secondary N) is 1.